The molecule has 1 N–H and O–H groups in total. The molecule has 2 aromatic heterocycles. The van der Waals surface area contributed by atoms with Gasteiger partial charge in [0.2, 0.25) is 10.0 Å². The molecule has 0 radical (unpaired) electrons. The van der Waals surface area contributed by atoms with Gasteiger partial charge in [0.25, 0.3) is 0 Å². The van der Waals surface area contributed by atoms with Crippen molar-refractivity contribution in [3.63, 3.8) is 0 Å². The normalized spacial score (nSPS) is 15.6. The van der Waals surface area contributed by atoms with Gasteiger partial charge in [-0.25, -0.2) is 12.8 Å². The SMILES string of the molecule is C[C@@H](NS(=O)(=O)c1ccc(-c2c(C#N)c3ccc(F)cc3n2CC2CC2)nc1)C(F)(F)F. The van der Waals surface area contributed by atoms with Gasteiger partial charge in [-0.15, -0.1) is 0 Å². The largest absolute Gasteiger partial charge is 0.404 e. The molecule has 32 heavy (non-hydrogen) atoms. The number of fused-ring (bicyclic) bond motifs is 1. The number of pyridine rings is 1. The standard InChI is InChI=1S/C21H18F4N4O2S/c1-12(21(23,24)25)28-32(30,31)15-5-7-18(27-10-15)20-17(9-26)16-6-4-14(22)8-19(16)29(20)11-13-2-3-13/h4-8,10,12-13,28H,2-3,11H2,1H3/t12-/m1/s1. The van der Waals surface area contributed by atoms with E-state index in [2.05, 4.69) is 11.1 Å². The van der Waals surface area contributed by atoms with Crippen LogP contribution in [0.5, 0.6) is 0 Å². The van der Waals surface area contributed by atoms with Gasteiger partial charge in [0.15, 0.2) is 0 Å². The maximum absolute atomic E-state index is 13.9. The van der Waals surface area contributed by atoms with E-state index in [-0.39, 0.29) is 11.3 Å². The summed E-state index contributed by atoms with van der Waals surface area (Å²) in [6.45, 7) is 1.25. The van der Waals surface area contributed by atoms with Crippen LogP contribution >= 0.6 is 0 Å². The smallest absolute Gasteiger partial charge is 0.338 e. The third-order valence-corrected chi connectivity index (χ3v) is 6.91. The summed E-state index contributed by atoms with van der Waals surface area (Å²) in [4.78, 5) is 3.70. The Balaban J connectivity index is 1.78. The Hall–Kier alpha value is -2.97. The van der Waals surface area contributed by atoms with Crippen molar-refractivity contribution < 1.29 is 26.0 Å². The molecule has 4 rings (SSSR count). The molecule has 6 nitrogen and oxygen atoms in total. The molecule has 168 valence electrons. The first kappa shape index (κ1) is 22.2. The molecule has 1 aliphatic rings. The number of alkyl halides is 3. The number of rotatable bonds is 6. The predicted octanol–water partition coefficient (Wildman–Crippen LogP) is 4.35. The number of sulfonamides is 1. The molecule has 0 spiro atoms. The van der Waals surface area contributed by atoms with E-state index in [9.17, 15) is 31.2 Å². The van der Waals surface area contributed by atoms with Gasteiger partial charge in [-0.2, -0.15) is 23.2 Å². The zero-order valence-electron chi connectivity index (χ0n) is 16.8. The lowest BCUT2D eigenvalue weighted by atomic mass is 10.1. The number of hydrogen-bond acceptors (Lipinski definition) is 4. The Morgan fingerprint density at radius 1 is 1.28 bits per heavy atom. The Morgan fingerprint density at radius 3 is 2.56 bits per heavy atom. The molecule has 11 heteroatoms. The fourth-order valence-corrected chi connectivity index (χ4v) is 4.67. The van der Waals surface area contributed by atoms with Crippen molar-refractivity contribution in [1.29, 1.82) is 5.26 Å². The van der Waals surface area contributed by atoms with Gasteiger partial charge in [-0.1, -0.05) is 0 Å². The first-order chi connectivity index (χ1) is 15.0. The zero-order chi connectivity index (χ0) is 23.3. The highest BCUT2D eigenvalue weighted by Gasteiger charge is 2.39. The van der Waals surface area contributed by atoms with Crippen LogP contribution in [-0.4, -0.2) is 30.2 Å². The van der Waals surface area contributed by atoms with Crippen LogP contribution in [0, 0.1) is 23.1 Å². The average Bonchev–Trinajstić information content (AvgIpc) is 3.49. The molecule has 0 aliphatic heterocycles. The lowest BCUT2D eigenvalue weighted by Crippen LogP contribution is -2.42. The molecule has 0 saturated heterocycles. The lowest BCUT2D eigenvalue weighted by molar-refractivity contribution is -0.147. The van der Waals surface area contributed by atoms with Crippen molar-refractivity contribution in [1.82, 2.24) is 14.3 Å². The molecule has 0 unspecified atom stereocenters. The second-order valence-electron chi connectivity index (χ2n) is 7.81. The van der Waals surface area contributed by atoms with Crippen LogP contribution in [-0.2, 0) is 16.6 Å². The maximum atomic E-state index is 13.9. The molecule has 1 aliphatic carbocycles. The van der Waals surface area contributed by atoms with Gasteiger partial charge in [-0.05, 0) is 56.0 Å². The van der Waals surface area contributed by atoms with Gasteiger partial charge in [0.05, 0.1) is 22.5 Å². The predicted molar refractivity (Wildman–Crippen MR) is 108 cm³/mol. The van der Waals surface area contributed by atoms with Crippen LogP contribution in [0.15, 0.2) is 41.4 Å². The maximum Gasteiger partial charge on any atom is 0.404 e. The summed E-state index contributed by atoms with van der Waals surface area (Å²) in [6.07, 6.45) is -1.78. The van der Waals surface area contributed by atoms with Crippen LogP contribution < -0.4 is 4.72 Å². The molecule has 3 aromatic rings. The summed E-state index contributed by atoms with van der Waals surface area (Å²) in [7, 11) is -4.46. The number of hydrogen-bond donors (Lipinski definition) is 1. The van der Waals surface area contributed by atoms with Crippen molar-refractivity contribution in [2.75, 3.05) is 0 Å². The molecule has 1 fully saturated rings. The molecule has 0 amide bonds. The molecule has 1 atom stereocenters. The number of nitrogens with one attached hydrogen (secondary N) is 1. The number of nitriles is 1. The molecule has 1 saturated carbocycles. The molecule has 0 bridgehead atoms. The van der Waals surface area contributed by atoms with E-state index in [0.29, 0.717) is 36.0 Å². The number of aromatic nitrogens is 2. The van der Waals surface area contributed by atoms with E-state index in [4.69, 9.17) is 0 Å². The van der Waals surface area contributed by atoms with Gasteiger partial charge < -0.3 is 4.57 Å². The van der Waals surface area contributed by atoms with Crippen LogP contribution in [0.25, 0.3) is 22.3 Å². The first-order valence-electron chi connectivity index (χ1n) is 9.78. The van der Waals surface area contributed by atoms with E-state index < -0.39 is 33.0 Å². The fraction of sp³-hybridized carbons (Fsp3) is 0.333. The van der Waals surface area contributed by atoms with Crippen molar-refractivity contribution in [2.24, 2.45) is 5.92 Å². The van der Waals surface area contributed by atoms with E-state index in [1.807, 2.05) is 0 Å². The molecular weight excluding hydrogens is 448 g/mol. The summed E-state index contributed by atoms with van der Waals surface area (Å²) in [5.74, 6) is -0.0748. The van der Waals surface area contributed by atoms with Crippen molar-refractivity contribution in [3.8, 4) is 17.5 Å². The molecule has 2 heterocycles. The second kappa shape index (κ2) is 7.86. The van der Waals surface area contributed by atoms with Crippen molar-refractivity contribution in [2.45, 2.75) is 43.4 Å². The summed E-state index contributed by atoms with van der Waals surface area (Å²) in [6, 6.07) is 6.42. The quantitative estimate of drug-likeness (QED) is 0.547. The summed E-state index contributed by atoms with van der Waals surface area (Å²) < 4.78 is 80.2. The molecule has 1 aromatic carbocycles. The van der Waals surface area contributed by atoms with Crippen LogP contribution in [0.4, 0.5) is 17.6 Å². The Labute approximate surface area is 181 Å². The van der Waals surface area contributed by atoms with E-state index >= 15 is 0 Å². The Kier molecular flexibility index (Phi) is 5.46. The number of nitrogens with zero attached hydrogens (tertiary/aromatic N) is 3. The van der Waals surface area contributed by atoms with Gasteiger partial charge >= 0.3 is 6.18 Å². The van der Waals surface area contributed by atoms with Gasteiger partial charge in [-0.3, -0.25) is 4.98 Å². The highest BCUT2D eigenvalue weighted by atomic mass is 32.2. The highest BCUT2D eigenvalue weighted by Crippen LogP contribution is 2.38. The minimum Gasteiger partial charge on any atom is -0.338 e. The Bertz CT molecular complexity index is 1320. The van der Waals surface area contributed by atoms with Crippen LogP contribution in [0.1, 0.15) is 25.3 Å². The first-order valence-corrected chi connectivity index (χ1v) is 11.3. The molecular formula is C21H18F4N4O2S. The zero-order valence-corrected chi connectivity index (χ0v) is 17.6. The van der Waals surface area contributed by atoms with Gasteiger partial charge in [0, 0.05) is 18.1 Å². The van der Waals surface area contributed by atoms with E-state index in [1.54, 1.807) is 9.29 Å². The topological polar surface area (TPSA) is 87.8 Å². The van der Waals surface area contributed by atoms with Crippen LogP contribution in [0.3, 0.4) is 0 Å². The third-order valence-electron chi connectivity index (χ3n) is 5.39. The minimum absolute atomic E-state index is 0.265. The number of halogens is 4. The number of benzene rings is 1. The Morgan fingerprint density at radius 2 is 2.00 bits per heavy atom. The summed E-state index contributed by atoms with van der Waals surface area (Å²) in [5, 5.41) is 10.3. The minimum atomic E-state index is -4.73. The highest BCUT2D eigenvalue weighted by molar-refractivity contribution is 7.89. The van der Waals surface area contributed by atoms with E-state index in [1.165, 1.54) is 24.3 Å². The van der Waals surface area contributed by atoms with Gasteiger partial charge in [0.1, 0.15) is 22.8 Å². The monoisotopic (exact) mass is 466 g/mol. The lowest BCUT2D eigenvalue weighted by Gasteiger charge is -2.17. The fourth-order valence-electron chi connectivity index (χ4n) is 3.50. The third kappa shape index (κ3) is 4.20. The van der Waals surface area contributed by atoms with Crippen LogP contribution in [0.2, 0.25) is 0 Å². The van der Waals surface area contributed by atoms with E-state index in [0.717, 1.165) is 25.1 Å². The summed E-state index contributed by atoms with van der Waals surface area (Å²) >= 11 is 0. The second-order valence-corrected chi connectivity index (χ2v) is 9.53. The average molecular weight is 466 g/mol. The van der Waals surface area contributed by atoms with Crippen molar-refractivity contribution >= 4 is 20.9 Å². The van der Waals surface area contributed by atoms with Crippen molar-refractivity contribution in [3.05, 3.63) is 47.9 Å². The summed E-state index contributed by atoms with van der Waals surface area (Å²) in [5.41, 5.74) is 1.48.